The number of amides is 1. The molecule has 1 heterocycles. The Morgan fingerprint density at radius 3 is 2.53 bits per heavy atom. The van der Waals surface area contributed by atoms with Gasteiger partial charge in [-0.1, -0.05) is 0 Å². The minimum atomic E-state index is -3.99. The molecule has 1 aromatic heterocycles. The minimum Gasteiger partial charge on any atom is -0.477 e. The van der Waals surface area contributed by atoms with E-state index in [1.807, 2.05) is 0 Å². The number of hydrogen-bond acceptors (Lipinski definition) is 5. The van der Waals surface area contributed by atoms with Crippen LogP contribution in [-0.4, -0.2) is 31.9 Å². The van der Waals surface area contributed by atoms with Gasteiger partial charge in [0.25, 0.3) is 0 Å². The Balaban J connectivity index is 2.97. The number of carboxylic acids is 1. The topological polar surface area (TPSA) is 127 Å². The van der Waals surface area contributed by atoms with E-state index in [-0.39, 0.29) is 16.3 Å². The zero-order valence-corrected chi connectivity index (χ0v) is 12.0. The zero-order chi connectivity index (χ0) is 14.8. The molecular weight excluding hydrogens is 292 g/mol. The summed E-state index contributed by atoms with van der Waals surface area (Å²) in [5, 5.41) is 10.3. The lowest BCUT2D eigenvalue weighted by Gasteiger charge is -2.20. The van der Waals surface area contributed by atoms with Gasteiger partial charge in [0.15, 0.2) is 0 Å². The molecule has 0 saturated carbocycles. The lowest BCUT2D eigenvalue weighted by molar-refractivity contribution is -0.125. The fourth-order valence-corrected chi connectivity index (χ4v) is 3.58. The van der Waals surface area contributed by atoms with Crippen molar-refractivity contribution in [2.75, 3.05) is 6.54 Å². The number of nitrogens with one attached hydrogen (secondary N) is 1. The van der Waals surface area contributed by atoms with Crippen molar-refractivity contribution in [3.63, 3.8) is 0 Å². The van der Waals surface area contributed by atoms with E-state index < -0.39 is 27.3 Å². The number of carbonyl (C=O) groups excluding carboxylic acids is 1. The van der Waals surface area contributed by atoms with Crippen LogP contribution in [0.3, 0.4) is 0 Å². The van der Waals surface area contributed by atoms with Crippen LogP contribution in [0.4, 0.5) is 0 Å². The highest BCUT2D eigenvalue weighted by Gasteiger charge is 2.29. The standard InChI is InChI=1S/C10H14N2O5S2/c1-10(2,9(11)15)5-12-19(16,17)6-3-4-18-7(6)8(13)14/h3-4,12H,5H2,1-2H3,(H2,11,15)(H,13,14). The largest absolute Gasteiger partial charge is 0.477 e. The molecule has 0 bridgehead atoms. The molecule has 9 heteroatoms. The van der Waals surface area contributed by atoms with Crippen LogP contribution in [0.2, 0.25) is 0 Å². The summed E-state index contributed by atoms with van der Waals surface area (Å²) >= 11 is 0.814. The van der Waals surface area contributed by atoms with Crippen LogP contribution < -0.4 is 10.5 Å². The normalized spacial score (nSPS) is 12.3. The average Bonchev–Trinajstić information content (AvgIpc) is 2.76. The summed E-state index contributed by atoms with van der Waals surface area (Å²) in [7, 11) is -3.99. The molecule has 0 aliphatic heterocycles. The first-order valence-electron chi connectivity index (χ1n) is 5.18. The summed E-state index contributed by atoms with van der Waals surface area (Å²) in [6, 6.07) is 1.20. The van der Waals surface area contributed by atoms with Crippen molar-refractivity contribution in [1.82, 2.24) is 4.72 Å². The molecule has 0 radical (unpaired) electrons. The number of thiophene rings is 1. The molecule has 0 fully saturated rings. The van der Waals surface area contributed by atoms with Crippen molar-refractivity contribution in [3.05, 3.63) is 16.3 Å². The Morgan fingerprint density at radius 1 is 1.47 bits per heavy atom. The van der Waals surface area contributed by atoms with Crippen LogP contribution in [0.25, 0.3) is 0 Å². The molecule has 1 aromatic rings. The van der Waals surface area contributed by atoms with Gasteiger partial charge in [0.05, 0.1) is 5.41 Å². The van der Waals surface area contributed by atoms with Crippen LogP contribution in [0.1, 0.15) is 23.5 Å². The van der Waals surface area contributed by atoms with Crippen molar-refractivity contribution >= 4 is 33.2 Å². The maximum Gasteiger partial charge on any atom is 0.347 e. The smallest absolute Gasteiger partial charge is 0.347 e. The van der Waals surface area contributed by atoms with Gasteiger partial charge in [-0.05, 0) is 25.3 Å². The Bertz CT molecular complexity index is 603. The van der Waals surface area contributed by atoms with Gasteiger partial charge >= 0.3 is 5.97 Å². The third kappa shape index (κ3) is 3.52. The molecule has 106 valence electrons. The highest BCUT2D eigenvalue weighted by atomic mass is 32.2. The molecule has 7 nitrogen and oxygen atoms in total. The summed E-state index contributed by atoms with van der Waals surface area (Å²) in [6.45, 7) is 2.77. The van der Waals surface area contributed by atoms with E-state index in [4.69, 9.17) is 10.8 Å². The molecule has 0 unspecified atom stereocenters. The van der Waals surface area contributed by atoms with E-state index in [9.17, 15) is 18.0 Å². The van der Waals surface area contributed by atoms with Crippen LogP contribution >= 0.6 is 11.3 Å². The van der Waals surface area contributed by atoms with Crippen LogP contribution in [-0.2, 0) is 14.8 Å². The number of aromatic carboxylic acids is 1. The molecule has 0 aliphatic rings. The summed E-state index contributed by atoms with van der Waals surface area (Å²) < 4.78 is 26.1. The van der Waals surface area contributed by atoms with Crippen LogP contribution in [0, 0.1) is 5.41 Å². The summed E-state index contributed by atoms with van der Waals surface area (Å²) in [6.07, 6.45) is 0. The second-order valence-electron chi connectivity index (χ2n) is 4.49. The lowest BCUT2D eigenvalue weighted by Crippen LogP contribution is -2.42. The number of carboxylic acid groups (broad SMARTS) is 1. The Labute approximate surface area is 114 Å². The van der Waals surface area contributed by atoms with Gasteiger partial charge in [-0.25, -0.2) is 17.9 Å². The molecular formula is C10H14N2O5S2. The molecule has 4 N–H and O–H groups in total. The van der Waals surface area contributed by atoms with Gasteiger partial charge < -0.3 is 10.8 Å². The summed E-state index contributed by atoms with van der Waals surface area (Å²) in [5.74, 6) is -1.97. The first-order chi connectivity index (χ1) is 8.58. The second kappa shape index (κ2) is 5.27. The predicted molar refractivity (Wildman–Crippen MR) is 69.4 cm³/mol. The number of rotatable bonds is 6. The van der Waals surface area contributed by atoms with Crippen molar-refractivity contribution in [3.8, 4) is 0 Å². The van der Waals surface area contributed by atoms with E-state index in [1.54, 1.807) is 0 Å². The highest BCUT2D eigenvalue weighted by molar-refractivity contribution is 7.89. The van der Waals surface area contributed by atoms with Crippen molar-refractivity contribution < 1.29 is 23.1 Å². The Hall–Kier alpha value is -1.45. The van der Waals surface area contributed by atoms with Crippen molar-refractivity contribution in [2.24, 2.45) is 11.1 Å². The molecule has 1 amide bonds. The monoisotopic (exact) mass is 306 g/mol. The molecule has 19 heavy (non-hydrogen) atoms. The van der Waals surface area contributed by atoms with E-state index >= 15 is 0 Å². The lowest BCUT2D eigenvalue weighted by atomic mass is 9.93. The maximum absolute atomic E-state index is 12.0. The molecule has 0 aromatic carbocycles. The van der Waals surface area contributed by atoms with E-state index in [1.165, 1.54) is 25.3 Å². The first kappa shape index (κ1) is 15.6. The van der Waals surface area contributed by atoms with Gasteiger partial charge in [0.2, 0.25) is 15.9 Å². The number of carbonyl (C=O) groups is 2. The number of hydrogen-bond donors (Lipinski definition) is 3. The minimum absolute atomic E-state index is 0.209. The van der Waals surface area contributed by atoms with Crippen molar-refractivity contribution in [2.45, 2.75) is 18.7 Å². The average molecular weight is 306 g/mol. The van der Waals surface area contributed by atoms with Crippen LogP contribution in [0.5, 0.6) is 0 Å². The van der Waals surface area contributed by atoms with E-state index in [0.717, 1.165) is 11.3 Å². The molecule has 0 atom stereocenters. The van der Waals surface area contributed by atoms with E-state index in [0.29, 0.717) is 0 Å². The number of primary amides is 1. The summed E-state index contributed by atoms with van der Waals surface area (Å²) in [4.78, 5) is 21.4. The maximum atomic E-state index is 12.0. The Kier molecular flexibility index (Phi) is 4.33. The Morgan fingerprint density at radius 2 is 2.05 bits per heavy atom. The number of sulfonamides is 1. The summed E-state index contributed by atoms with van der Waals surface area (Å²) in [5.41, 5.74) is 4.07. The van der Waals surface area contributed by atoms with Gasteiger partial charge in [0.1, 0.15) is 9.77 Å². The van der Waals surface area contributed by atoms with Crippen molar-refractivity contribution in [1.29, 1.82) is 0 Å². The van der Waals surface area contributed by atoms with Gasteiger partial charge in [0, 0.05) is 6.54 Å². The fourth-order valence-electron chi connectivity index (χ4n) is 1.11. The third-order valence-electron chi connectivity index (χ3n) is 2.48. The SMILES string of the molecule is CC(C)(CNS(=O)(=O)c1ccsc1C(=O)O)C(N)=O. The quantitative estimate of drug-likeness (QED) is 0.693. The zero-order valence-electron chi connectivity index (χ0n) is 10.3. The molecule has 0 spiro atoms. The highest BCUT2D eigenvalue weighted by Crippen LogP contribution is 2.22. The van der Waals surface area contributed by atoms with Gasteiger partial charge in [-0.3, -0.25) is 4.79 Å². The van der Waals surface area contributed by atoms with E-state index in [2.05, 4.69) is 4.72 Å². The first-order valence-corrected chi connectivity index (χ1v) is 7.54. The van der Waals surface area contributed by atoms with Gasteiger partial charge in [-0.15, -0.1) is 11.3 Å². The van der Waals surface area contributed by atoms with Crippen LogP contribution in [0.15, 0.2) is 16.3 Å². The number of nitrogens with two attached hydrogens (primary N) is 1. The molecule has 0 saturated heterocycles. The second-order valence-corrected chi connectivity index (χ2v) is 7.14. The van der Waals surface area contributed by atoms with Gasteiger partial charge in [-0.2, -0.15) is 0 Å². The third-order valence-corrected chi connectivity index (χ3v) is 4.96. The molecule has 0 aliphatic carbocycles. The molecule has 1 rings (SSSR count). The fraction of sp³-hybridized carbons (Fsp3) is 0.400. The predicted octanol–water partition coefficient (Wildman–Crippen LogP) is 0.236.